The van der Waals surface area contributed by atoms with E-state index < -0.39 is 10.8 Å². The van der Waals surface area contributed by atoms with Crippen LogP contribution < -0.4 is 10.2 Å². The van der Waals surface area contributed by atoms with E-state index in [4.69, 9.17) is 16.0 Å². The summed E-state index contributed by atoms with van der Waals surface area (Å²) in [4.78, 5) is 25.6. The average molecular weight is 440 g/mol. The second-order valence-corrected chi connectivity index (χ2v) is 8.14. The number of carbonyl (C=O) groups excluding carboxylic acids is 1. The smallest absolute Gasteiger partial charge is 0.291 e. The summed E-state index contributed by atoms with van der Waals surface area (Å²) >= 11 is 6.48. The normalized spacial score (nSPS) is 14.5. The maximum absolute atomic E-state index is 12.6. The number of piperidine rings is 1. The molecule has 1 fully saturated rings. The molecule has 0 unspecified atom stereocenters. The Balaban J connectivity index is 1.48. The Bertz CT molecular complexity index is 1120. The van der Waals surface area contributed by atoms with E-state index in [0.29, 0.717) is 16.3 Å². The number of nitrogens with one attached hydrogen (secondary N) is 1. The molecule has 0 bridgehead atoms. The Morgan fingerprint density at radius 1 is 1.16 bits per heavy atom. The zero-order valence-corrected chi connectivity index (χ0v) is 17.8. The van der Waals surface area contributed by atoms with Gasteiger partial charge in [0.25, 0.3) is 11.6 Å². The second-order valence-electron chi connectivity index (χ2n) is 7.73. The molecule has 8 heteroatoms. The van der Waals surface area contributed by atoms with Crippen LogP contribution in [-0.2, 0) is 0 Å². The van der Waals surface area contributed by atoms with Gasteiger partial charge < -0.3 is 14.6 Å². The van der Waals surface area contributed by atoms with Crippen LogP contribution in [0.15, 0.2) is 59.0 Å². The standard InChI is InChI=1S/C23H22ClN3O4/c1-15-10-12-26(13-11-15)20-7-6-16(14-18(20)24)25-23(28)22-9-8-21(31-22)17-4-2-3-5-19(17)27(29)30/h2-9,14-15H,10-13H2,1H3,(H,25,28). The molecule has 0 radical (unpaired) electrons. The van der Waals surface area contributed by atoms with Crippen molar-refractivity contribution in [2.75, 3.05) is 23.3 Å². The van der Waals surface area contributed by atoms with Gasteiger partial charge in [-0.25, -0.2) is 0 Å². The lowest BCUT2D eigenvalue weighted by Crippen LogP contribution is -2.32. The maximum atomic E-state index is 12.6. The Labute approximate surface area is 184 Å². The van der Waals surface area contributed by atoms with Crippen LogP contribution in [0.1, 0.15) is 30.3 Å². The first kappa shape index (κ1) is 20.9. The average Bonchev–Trinajstić information content (AvgIpc) is 3.25. The quantitative estimate of drug-likeness (QED) is 0.389. The highest BCUT2D eigenvalue weighted by Crippen LogP contribution is 2.33. The Morgan fingerprint density at radius 3 is 2.61 bits per heavy atom. The van der Waals surface area contributed by atoms with Crippen LogP contribution in [0.3, 0.4) is 0 Å². The van der Waals surface area contributed by atoms with Crippen molar-refractivity contribution in [3.05, 3.63) is 75.5 Å². The highest BCUT2D eigenvalue weighted by atomic mass is 35.5. The van der Waals surface area contributed by atoms with Gasteiger partial charge in [-0.2, -0.15) is 0 Å². The number of anilines is 2. The third-order valence-corrected chi connectivity index (χ3v) is 5.83. The van der Waals surface area contributed by atoms with Crippen molar-refractivity contribution in [3.8, 4) is 11.3 Å². The van der Waals surface area contributed by atoms with Crippen molar-refractivity contribution in [2.45, 2.75) is 19.8 Å². The number of furan rings is 1. The van der Waals surface area contributed by atoms with Crippen LogP contribution in [0.5, 0.6) is 0 Å². The number of nitro benzene ring substituents is 1. The lowest BCUT2D eigenvalue weighted by molar-refractivity contribution is -0.384. The molecular formula is C23H22ClN3O4. The van der Waals surface area contributed by atoms with Gasteiger partial charge in [-0.15, -0.1) is 0 Å². The van der Waals surface area contributed by atoms with Gasteiger partial charge in [0.1, 0.15) is 5.76 Å². The Morgan fingerprint density at radius 2 is 1.90 bits per heavy atom. The molecule has 1 aromatic heterocycles. The number of amides is 1. The number of rotatable bonds is 5. The van der Waals surface area contributed by atoms with Gasteiger partial charge in [-0.3, -0.25) is 14.9 Å². The lowest BCUT2D eigenvalue weighted by atomic mass is 9.99. The molecule has 0 saturated carbocycles. The molecule has 1 aliphatic heterocycles. The first-order valence-corrected chi connectivity index (χ1v) is 10.5. The molecule has 1 N–H and O–H groups in total. The van der Waals surface area contributed by atoms with Gasteiger partial charge in [0.15, 0.2) is 5.76 Å². The molecular weight excluding hydrogens is 418 g/mol. The van der Waals surface area contributed by atoms with Crippen molar-refractivity contribution in [1.82, 2.24) is 0 Å². The third-order valence-electron chi connectivity index (χ3n) is 5.53. The van der Waals surface area contributed by atoms with Crippen LogP contribution in [0, 0.1) is 16.0 Å². The first-order valence-electron chi connectivity index (χ1n) is 10.1. The number of halogens is 1. The number of hydrogen-bond acceptors (Lipinski definition) is 5. The van der Waals surface area contributed by atoms with E-state index in [9.17, 15) is 14.9 Å². The fraction of sp³-hybridized carbons (Fsp3) is 0.261. The maximum Gasteiger partial charge on any atom is 0.291 e. The monoisotopic (exact) mass is 439 g/mol. The van der Waals surface area contributed by atoms with Gasteiger partial charge in [0.2, 0.25) is 0 Å². The van der Waals surface area contributed by atoms with Crippen LogP contribution in [0.2, 0.25) is 5.02 Å². The summed E-state index contributed by atoms with van der Waals surface area (Å²) in [5.41, 5.74) is 1.74. The van der Waals surface area contributed by atoms with E-state index in [2.05, 4.69) is 17.1 Å². The number of nitro groups is 1. The molecule has 1 saturated heterocycles. The van der Waals surface area contributed by atoms with E-state index in [1.54, 1.807) is 30.3 Å². The summed E-state index contributed by atoms with van der Waals surface area (Å²) < 4.78 is 5.60. The van der Waals surface area contributed by atoms with Crippen LogP contribution in [0.4, 0.5) is 17.1 Å². The lowest BCUT2D eigenvalue weighted by Gasteiger charge is -2.32. The summed E-state index contributed by atoms with van der Waals surface area (Å²) in [5.74, 6) is 0.577. The minimum Gasteiger partial charge on any atom is -0.451 e. The summed E-state index contributed by atoms with van der Waals surface area (Å²) in [6.07, 6.45) is 2.27. The number of benzene rings is 2. The summed E-state index contributed by atoms with van der Waals surface area (Å²) in [7, 11) is 0. The SMILES string of the molecule is CC1CCN(c2ccc(NC(=O)c3ccc(-c4ccccc4[N+](=O)[O-])o3)cc2Cl)CC1. The van der Waals surface area contributed by atoms with E-state index >= 15 is 0 Å². The topological polar surface area (TPSA) is 88.6 Å². The number of hydrogen-bond donors (Lipinski definition) is 1. The second kappa shape index (κ2) is 8.81. The molecule has 3 aromatic rings. The summed E-state index contributed by atoms with van der Waals surface area (Å²) in [6, 6.07) is 14.7. The van der Waals surface area contributed by atoms with Gasteiger partial charge in [0.05, 0.1) is 21.2 Å². The zero-order valence-electron chi connectivity index (χ0n) is 17.0. The highest BCUT2D eigenvalue weighted by molar-refractivity contribution is 6.33. The fourth-order valence-electron chi connectivity index (χ4n) is 3.73. The van der Waals surface area contributed by atoms with Crippen molar-refractivity contribution in [3.63, 3.8) is 0 Å². The van der Waals surface area contributed by atoms with Crippen LogP contribution in [-0.4, -0.2) is 23.9 Å². The Hall–Kier alpha value is -3.32. The van der Waals surface area contributed by atoms with Gasteiger partial charge in [-0.05, 0) is 55.2 Å². The number of para-hydroxylation sites is 1. The molecule has 160 valence electrons. The van der Waals surface area contributed by atoms with Crippen molar-refractivity contribution in [1.29, 1.82) is 0 Å². The number of nitrogens with zero attached hydrogens (tertiary/aromatic N) is 2. The van der Waals surface area contributed by atoms with Crippen molar-refractivity contribution < 1.29 is 14.1 Å². The number of carbonyl (C=O) groups is 1. The predicted octanol–water partition coefficient (Wildman–Crippen LogP) is 6.00. The fourth-order valence-corrected chi connectivity index (χ4v) is 4.03. The minimum atomic E-state index is -0.482. The molecule has 2 heterocycles. The van der Waals surface area contributed by atoms with E-state index in [1.165, 1.54) is 12.1 Å². The minimum absolute atomic E-state index is 0.0540. The molecule has 31 heavy (non-hydrogen) atoms. The summed E-state index contributed by atoms with van der Waals surface area (Å²) in [6.45, 7) is 4.19. The zero-order chi connectivity index (χ0) is 22.0. The molecule has 0 aliphatic carbocycles. The van der Waals surface area contributed by atoms with Gasteiger partial charge >= 0.3 is 0 Å². The van der Waals surface area contributed by atoms with Gasteiger partial charge in [-0.1, -0.05) is 30.7 Å². The molecule has 7 nitrogen and oxygen atoms in total. The molecule has 1 aliphatic rings. The highest BCUT2D eigenvalue weighted by Gasteiger charge is 2.21. The van der Waals surface area contributed by atoms with Crippen LogP contribution >= 0.6 is 11.6 Å². The molecule has 4 rings (SSSR count). The third kappa shape index (κ3) is 4.56. The Kier molecular flexibility index (Phi) is 5.95. The van der Waals surface area contributed by atoms with Crippen molar-refractivity contribution in [2.24, 2.45) is 5.92 Å². The molecule has 0 atom stereocenters. The molecule has 1 amide bonds. The molecule has 2 aromatic carbocycles. The van der Waals surface area contributed by atoms with E-state index in [-0.39, 0.29) is 17.2 Å². The van der Waals surface area contributed by atoms with E-state index in [1.807, 2.05) is 12.1 Å². The van der Waals surface area contributed by atoms with Crippen LogP contribution in [0.25, 0.3) is 11.3 Å². The largest absolute Gasteiger partial charge is 0.451 e. The van der Waals surface area contributed by atoms with Crippen molar-refractivity contribution >= 4 is 34.6 Å². The summed E-state index contributed by atoms with van der Waals surface area (Å²) in [5, 5.41) is 14.6. The first-order chi connectivity index (χ1) is 14.9. The molecule has 0 spiro atoms. The van der Waals surface area contributed by atoms with Gasteiger partial charge in [0, 0.05) is 24.8 Å². The van der Waals surface area contributed by atoms with E-state index in [0.717, 1.165) is 37.5 Å². The predicted molar refractivity (Wildman–Crippen MR) is 121 cm³/mol.